The highest BCUT2D eigenvalue weighted by Gasteiger charge is 2.27. The normalized spacial score (nSPS) is 17.2. The number of ketones is 1. The zero-order valence-corrected chi connectivity index (χ0v) is 10.2. The largest absolute Gasteiger partial charge is 0.459 e. The maximum Gasteiger partial charge on any atom is 0.289 e. The first kappa shape index (κ1) is 11.9. The van der Waals surface area contributed by atoms with E-state index in [1.807, 2.05) is 6.92 Å². The van der Waals surface area contributed by atoms with Gasteiger partial charge in [-0.1, -0.05) is 0 Å². The van der Waals surface area contributed by atoms with Crippen molar-refractivity contribution < 1.29 is 14.0 Å². The van der Waals surface area contributed by atoms with E-state index in [2.05, 4.69) is 0 Å². The average Bonchev–Trinajstić information content (AvgIpc) is 2.74. The van der Waals surface area contributed by atoms with E-state index in [0.717, 1.165) is 18.4 Å². The lowest BCUT2D eigenvalue weighted by atomic mass is 9.93. The third-order valence-electron chi connectivity index (χ3n) is 3.44. The Hall–Kier alpha value is -1.58. The molecule has 0 N–H and O–H groups in total. The lowest BCUT2D eigenvalue weighted by Gasteiger charge is -2.30. The van der Waals surface area contributed by atoms with Crippen LogP contribution in [0.3, 0.4) is 0 Å². The van der Waals surface area contributed by atoms with Crippen LogP contribution in [0.4, 0.5) is 0 Å². The SMILES string of the molecule is Cc1ccoc1C(=O)N(C)C1CCC(=O)CC1. The summed E-state index contributed by atoms with van der Waals surface area (Å²) in [6, 6.07) is 1.94. The minimum Gasteiger partial charge on any atom is -0.459 e. The van der Waals surface area contributed by atoms with E-state index in [1.165, 1.54) is 6.26 Å². The van der Waals surface area contributed by atoms with Crippen LogP contribution in [0.25, 0.3) is 0 Å². The molecule has 4 nitrogen and oxygen atoms in total. The Kier molecular flexibility index (Phi) is 3.31. The zero-order valence-electron chi connectivity index (χ0n) is 10.2. The van der Waals surface area contributed by atoms with Crippen molar-refractivity contribution in [3.8, 4) is 0 Å². The fourth-order valence-electron chi connectivity index (χ4n) is 2.23. The fraction of sp³-hybridized carbons (Fsp3) is 0.538. The van der Waals surface area contributed by atoms with Crippen LogP contribution in [0.2, 0.25) is 0 Å². The van der Waals surface area contributed by atoms with Gasteiger partial charge in [0.05, 0.1) is 6.26 Å². The highest BCUT2D eigenvalue weighted by molar-refractivity contribution is 5.93. The van der Waals surface area contributed by atoms with Gasteiger partial charge in [-0.25, -0.2) is 0 Å². The molecule has 0 aliphatic heterocycles. The van der Waals surface area contributed by atoms with Crippen LogP contribution in [-0.2, 0) is 4.79 Å². The van der Waals surface area contributed by atoms with E-state index in [-0.39, 0.29) is 11.9 Å². The molecule has 1 saturated carbocycles. The van der Waals surface area contributed by atoms with Gasteiger partial charge < -0.3 is 9.32 Å². The summed E-state index contributed by atoms with van der Waals surface area (Å²) < 4.78 is 5.20. The highest BCUT2D eigenvalue weighted by Crippen LogP contribution is 2.22. The first-order valence-corrected chi connectivity index (χ1v) is 5.92. The van der Waals surface area contributed by atoms with Crippen LogP contribution < -0.4 is 0 Å². The maximum atomic E-state index is 12.2. The number of nitrogens with zero attached hydrogens (tertiary/aromatic N) is 1. The first-order chi connectivity index (χ1) is 8.09. The van der Waals surface area contributed by atoms with Crippen LogP contribution in [0.1, 0.15) is 41.8 Å². The lowest BCUT2D eigenvalue weighted by molar-refractivity contribution is -0.121. The van der Waals surface area contributed by atoms with Crippen molar-refractivity contribution in [2.75, 3.05) is 7.05 Å². The third kappa shape index (κ3) is 2.40. The summed E-state index contributed by atoms with van der Waals surface area (Å²) >= 11 is 0. The molecule has 1 aromatic heterocycles. The van der Waals surface area contributed by atoms with E-state index in [1.54, 1.807) is 18.0 Å². The molecule has 2 rings (SSSR count). The standard InChI is InChI=1S/C13H17NO3/c1-9-7-8-17-12(9)13(16)14(2)10-3-5-11(15)6-4-10/h7-8,10H,3-6H2,1-2H3. The number of hydrogen-bond acceptors (Lipinski definition) is 3. The summed E-state index contributed by atoms with van der Waals surface area (Å²) in [4.78, 5) is 25.0. The highest BCUT2D eigenvalue weighted by atomic mass is 16.3. The smallest absolute Gasteiger partial charge is 0.289 e. The molecule has 1 heterocycles. The molecule has 92 valence electrons. The average molecular weight is 235 g/mol. The predicted molar refractivity (Wildman–Crippen MR) is 62.8 cm³/mol. The molecule has 0 aromatic carbocycles. The van der Waals surface area contributed by atoms with Crippen molar-refractivity contribution in [3.05, 3.63) is 23.7 Å². The second kappa shape index (κ2) is 4.73. The Balaban J connectivity index is 2.05. The van der Waals surface area contributed by atoms with Gasteiger partial charge in [-0.05, 0) is 25.8 Å². The second-order valence-corrected chi connectivity index (χ2v) is 4.62. The number of Topliss-reactive ketones (excluding diaryl/α,β-unsaturated/α-hetero) is 1. The molecule has 17 heavy (non-hydrogen) atoms. The molecular formula is C13H17NO3. The van der Waals surface area contributed by atoms with E-state index < -0.39 is 0 Å². The molecule has 0 spiro atoms. The molecule has 1 aliphatic rings. The Labute approximate surface area is 101 Å². The van der Waals surface area contributed by atoms with E-state index in [9.17, 15) is 9.59 Å². The molecule has 0 saturated heterocycles. The number of furan rings is 1. The van der Waals surface area contributed by atoms with Crippen molar-refractivity contribution >= 4 is 11.7 Å². The van der Waals surface area contributed by atoms with E-state index in [4.69, 9.17) is 4.42 Å². The summed E-state index contributed by atoms with van der Waals surface area (Å²) in [5.74, 6) is 0.618. The number of carbonyl (C=O) groups excluding carboxylic acids is 2. The predicted octanol–water partition coefficient (Wildman–Crippen LogP) is 2.17. The summed E-state index contributed by atoms with van der Waals surface area (Å²) in [6.45, 7) is 1.86. The molecule has 1 amide bonds. The lowest BCUT2D eigenvalue weighted by Crippen LogP contribution is -2.39. The summed E-state index contributed by atoms with van der Waals surface area (Å²) in [5.41, 5.74) is 0.855. The molecule has 1 aromatic rings. The number of amides is 1. The van der Waals surface area contributed by atoms with Gasteiger partial charge in [0.2, 0.25) is 0 Å². The van der Waals surface area contributed by atoms with E-state index >= 15 is 0 Å². The van der Waals surface area contributed by atoms with E-state index in [0.29, 0.717) is 24.4 Å². The number of rotatable bonds is 2. The number of aryl methyl sites for hydroxylation is 1. The molecule has 4 heteroatoms. The number of hydrogen-bond donors (Lipinski definition) is 0. The van der Waals surface area contributed by atoms with Crippen LogP contribution >= 0.6 is 0 Å². The fourth-order valence-corrected chi connectivity index (χ4v) is 2.23. The topological polar surface area (TPSA) is 50.5 Å². The zero-order chi connectivity index (χ0) is 12.4. The molecule has 1 fully saturated rings. The Morgan fingerprint density at radius 2 is 2.06 bits per heavy atom. The van der Waals surface area contributed by atoms with Crippen LogP contribution in [0.15, 0.2) is 16.7 Å². The first-order valence-electron chi connectivity index (χ1n) is 5.92. The van der Waals surface area contributed by atoms with Crippen molar-refractivity contribution in [3.63, 3.8) is 0 Å². The van der Waals surface area contributed by atoms with Gasteiger partial charge in [-0.2, -0.15) is 0 Å². The van der Waals surface area contributed by atoms with Crippen LogP contribution in [0, 0.1) is 6.92 Å². The third-order valence-corrected chi connectivity index (χ3v) is 3.44. The summed E-state index contributed by atoms with van der Waals surface area (Å²) in [5, 5.41) is 0. The van der Waals surface area contributed by atoms with Crippen molar-refractivity contribution in [2.45, 2.75) is 38.6 Å². The molecular weight excluding hydrogens is 218 g/mol. The monoisotopic (exact) mass is 235 g/mol. The Morgan fingerprint density at radius 3 is 2.59 bits per heavy atom. The Bertz CT molecular complexity index is 426. The van der Waals surface area contributed by atoms with Crippen molar-refractivity contribution in [1.82, 2.24) is 4.90 Å². The van der Waals surface area contributed by atoms with Crippen molar-refractivity contribution in [1.29, 1.82) is 0 Å². The van der Waals surface area contributed by atoms with Crippen molar-refractivity contribution in [2.24, 2.45) is 0 Å². The van der Waals surface area contributed by atoms with Gasteiger partial charge in [-0.15, -0.1) is 0 Å². The quantitative estimate of drug-likeness (QED) is 0.789. The molecule has 0 bridgehead atoms. The summed E-state index contributed by atoms with van der Waals surface area (Å²) in [6.07, 6.45) is 4.22. The van der Waals surface area contributed by atoms with Gasteiger partial charge >= 0.3 is 0 Å². The molecule has 0 unspecified atom stereocenters. The van der Waals surface area contributed by atoms with Gasteiger partial charge in [0.25, 0.3) is 5.91 Å². The molecule has 0 radical (unpaired) electrons. The van der Waals surface area contributed by atoms with Crippen LogP contribution in [-0.4, -0.2) is 29.7 Å². The van der Waals surface area contributed by atoms with Gasteiger partial charge in [0.15, 0.2) is 5.76 Å². The summed E-state index contributed by atoms with van der Waals surface area (Å²) in [7, 11) is 1.78. The minimum atomic E-state index is -0.0909. The minimum absolute atomic E-state index is 0.0909. The maximum absolute atomic E-state index is 12.2. The van der Waals surface area contributed by atoms with Gasteiger partial charge in [0, 0.05) is 31.5 Å². The number of carbonyl (C=O) groups is 2. The molecule has 0 atom stereocenters. The van der Waals surface area contributed by atoms with Gasteiger partial charge in [-0.3, -0.25) is 9.59 Å². The second-order valence-electron chi connectivity index (χ2n) is 4.62. The molecule has 1 aliphatic carbocycles. The Morgan fingerprint density at radius 1 is 1.41 bits per heavy atom. The van der Waals surface area contributed by atoms with Crippen LogP contribution in [0.5, 0.6) is 0 Å². The van der Waals surface area contributed by atoms with Gasteiger partial charge in [0.1, 0.15) is 5.78 Å².